The van der Waals surface area contributed by atoms with Crippen molar-refractivity contribution >= 4 is 5.91 Å². The number of aliphatic hydroxyl groups is 1. The van der Waals surface area contributed by atoms with Crippen LogP contribution in [0.2, 0.25) is 0 Å². The molecule has 1 aliphatic rings. The Morgan fingerprint density at radius 1 is 1.02 bits per heavy atom. The first-order valence-electron chi connectivity index (χ1n) is 13.5. The summed E-state index contributed by atoms with van der Waals surface area (Å²) in [6.07, 6.45) is 6.15. The first-order chi connectivity index (χ1) is 20.7. The monoisotopic (exact) mass is 588 g/mol. The molecule has 0 fully saturated rings. The van der Waals surface area contributed by atoms with E-state index in [2.05, 4.69) is 20.4 Å². The number of amides is 1. The molecular weight excluding hydrogens is 561 g/mol. The summed E-state index contributed by atoms with van der Waals surface area (Å²) in [4.78, 5) is 22.8. The highest BCUT2D eigenvalue weighted by molar-refractivity contribution is 6.05. The number of carbonyl (C=O) groups is 1. The molecule has 5 aromatic rings. The molecule has 4 heterocycles. The maximum Gasteiger partial charge on any atom is 0.256 e. The number of hydrogen-bond acceptors (Lipinski definition) is 7. The third kappa shape index (κ3) is 5.64. The lowest BCUT2D eigenvalue weighted by molar-refractivity contribution is 0.0120. The zero-order valence-corrected chi connectivity index (χ0v) is 23.1. The van der Waals surface area contributed by atoms with Crippen LogP contribution in [0, 0.1) is 17.5 Å². The molecule has 0 spiro atoms. The smallest absolute Gasteiger partial charge is 0.256 e. The number of carbonyl (C=O) groups excluding carboxylic acids is 1. The van der Waals surface area contributed by atoms with E-state index in [0.29, 0.717) is 53.3 Å². The molecule has 43 heavy (non-hydrogen) atoms. The second-order valence-corrected chi connectivity index (χ2v) is 10.4. The van der Waals surface area contributed by atoms with Gasteiger partial charge in [0.1, 0.15) is 41.4 Å². The van der Waals surface area contributed by atoms with E-state index >= 15 is 0 Å². The fourth-order valence-corrected chi connectivity index (χ4v) is 5.30. The van der Waals surface area contributed by atoms with Gasteiger partial charge in [0.2, 0.25) is 0 Å². The van der Waals surface area contributed by atoms with Crippen molar-refractivity contribution in [3.8, 4) is 22.4 Å². The first kappa shape index (κ1) is 28.2. The Balaban J connectivity index is 1.26. The minimum absolute atomic E-state index is 0.0851. The lowest BCUT2D eigenvalue weighted by Gasteiger charge is -2.29. The Morgan fingerprint density at radius 2 is 1.81 bits per heavy atom. The SMILES string of the molecule is CN1Cc2nccc(-c3cn(CCNC[C@@](O)(Cn4cncn4)c4ccc(F)cc4F)nc3-c3ccc(F)cc3)c2C1=O. The summed E-state index contributed by atoms with van der Waals surface area (Å²) >= 11 is 0. The van der Waals surface area contributed by atoms with Gasteiger partial charge in [0.05, 0.1) is 30.9 Å². The van der Waals surface area contributed by atoms with Crippen molar-refractivity contribution in [1.82, 2.24) is 39.7 Å². The van der Waals surface area contributed by atoms with Crippen LogP contribution in [-0.4, -0.2) is 65.6 Å². The Kier molecular flexibility index (Phi) is 7.50. The van der Waals surface area contributed by atoms with Gasteiger partial charge in [-0.1, -0.05) is 6.07 Å². The molecule has 0 saturated carbocycles. The largest absolute Gasteiger partial charge is 0.382 e. The van der Waals surface area contributed by atoms with Gasteiger partial charge in [-0.15, -0.1) is 0 Å². The second kappa shape index (κ2) is 11.4. The molecular formula is C30H27F3N8O2. The van der Waals surface area contributed by atoms with Gasteiger partial charge in [0.25, 0.3) is 5.91 Å². The van der Waals surface area contributed by atoms with E-state index < -0.39 is 17.2 Å². The number of nitrogens with one attached hydrogen (secondary N) is 1. The van der Waals surface area contributed by atoms with Crippen molar-refractivity contribution in [1.29, 1.82) is 0 Å². The standard InChI is InChI=1S/C30H27F3N8O2/c1-39-14-26-27(29(39)42)22(8-9-36-26)23-13-40(38-28(23)19-2-4-20(31)5-3-19)11-10-34-15-30(43,16-41-18-35-17-37-41)24-7-6-21(32)12-25(24)33/h2-9,12-13,17-18,34,43H,10-11,14-16H2,1H3/t30-/m1/s1. The predicted molar refractivity (Wildman–Crippen MR) is 150 cm³/mol. The van der Waals surface area contributed by atoms with Crippen molar-refractivity contribution in [2.75, 3.05) is 20.1 Å². The molecule has 0 saturated heterocycles. The summed E-state index contributed by atoms with van der Waals surface area (Å²) in [6.45, 7) is 0.827. The molecule has 10 nitrogen and oxygen atoms in total. The van der Waals surface area contributed by atoms with Gasteiger partial charge in [0, 0.05) is 60.9 Å². The summed E-state index contributed by atoms with van der Waals surface area (Å²) in [5, 5.41) is 23.4. The maximum absolute atomic E-state index is 14.7. The molecule has 0 aliphatic carbocycles. The fraction of sp³-hybridized carbons (Fsp3) is 0.233. The van der Waals surface area contributed by atoms with E-state index in [1.165, 1.54) is 35.5 Å². The van der Waals surface area contributed by atoms with E-state index in [4.69, 9.17) is 5.10 Å². The lowest BCUT2D eigenvalue weighted by Crippen LogP contribution is -2.43. The summed E-state index contributed by atoms with van der Waals surface area (Å²) in [5.74, 6) is -2.16. The highest BCUT2D eigenvalue weighted by Crippen LogP contribution is 2.36. The Bertz CT molecular complexity index is 1770. The van der Waals surface area contributed by atoms with Crippen LogP contribution in [0.5, 0.6) is 0 Å². The predicted octanol–water partition coefficient (Wildman–Crippen LogP) is 3.38. The highest BCUT2D eigenvalue weighted by Gasteiger charge is 2.34. The van der Waals surface area contributed by atoms with Gasteiger partial charge >= 0.3 is 0 Å². The van der Waals surface area contributed by atoms with Crippen LogP contribution >= 0.6 is 0 Å². The minimum atomic E-state index is -1.77. The quantitative estimate of drug-likeness (QED) is 0.241. The lowest BCUT2D eigenvalue weighted by atomic mass is 9.93. The summed E-state index contributed by atoms with van der Waals surface area (Å²) in [5.41, 5.74) is 1.90. The topological polar surface area (TPSA) is 114 Å². The van der Waals surface area contributed by atoms with Crippen molar-refractivity contribution < 1.29 is 23.1 Å². The molecule has 2 aromatic carbocycles. The second-order valence-electron chi connectivity index (χ2n) is 10.4. The maximum atomic E-state index is 14.7. The Morgan fingerprint density at radius 3 is 2.56 bits per heavy atom. The first-order valence-corrected chi connectivity index (χ1v) is 13.5. The number of pyridine rings is 1. The van der Waals surface area contributed by atoms with E-state index in [0.717, 1.165) is 12.1 Å². The number of nitrogens with zero attached hydrogens (tertiary/aromatic N) is 7. The molecule has 0 unspecified atom stereocenters. The van der Waals surface area contributed by atoms with Gasteiger partial charge < -0.3 is 15.3 Å². The third-order valence-corrected chi connectivity index (χ3v) is 7.40. The van der Waals surface area contributed by atoms with Crippen molar-refractivity contribution in [3.63, 3.8) is 0 Å². The summed E-state index contributed by atoms with van der Waals surface area (Å²) < 4.78 is 45.1. The average Bonchev–Trinajstić information content (AvgIpc) is 3.71. The van der Waals surface area contributed by atoms with E-state index in [9.17, 15) is 23.1 Å². The molecule has 13 heteroatoms. The zero-order chi connectivity index (χ0) is 30.1. The highest BCUT2D eigenvalue weighted by atomic mass is 19.1. The minimum Gasteiger partial charge on any atom is -0.382 e. The van der Waals surface area contributed by atoms with Crippen LogP contribution < -0.4 is 5.32 Å². The van der Waals surface area contributed by atoms with E-state index in [-0.39, 0.29) is 30.4 Å². The number of halogens is 3. The van der Waals surface area contributed by atoms with Crippen LogP contribution in [0.3, 0.4) is 0 Å². The van der Waals surface area contributed by atoms with Gasteiger partial charge in [-0.05, 0) is 36.4 Å². The molecule has 220 valence electrons. The number of fused-ring (bicyclic) bond motifs is 1. The molecule has 6 rings (SSSR count). The molecule has 0 bridgehead atoms. The number of benzene rings is 2. The summed E-state index contributed by atoms with van der Waals surface area (Å²) in [7, 11) is 1.71. The van der Waals surface area contributed by atoms with Gasteiger partial charge in [-0.3, -0.25) is 14.5 Å². The normalized spacial score (nSPS) is 14.3. The van der Waals surface area contributed by atoms with Crippen LogP contribution in [0.1, 0.15) is 21.6 Å². The van der Waals surface area contributed by atoms with Crippen molar-refractivity contribution in [3.05, 3.63) is 108 Å². The van der Waals surface area contributed by atoms with Gasteiger partial charge in [0.15, 0.2) is 0 Å². The molecule has 3 aromatic heterocycles. The Labute approximate surface area is 244 Å². The zero-order valence-electron chi connectivity index (χ0n) is 23.1. The summed E-state index contributed by atoms with van der Waals surface area (Å²) in [6, 6.07) is 10.7. The van der Waals surface area contributed by atoms with Gasteiger partial charge in [-0.2, -0.15) is 10.2 Å². The molecule has 1 aliphatic heterocycles. The molecule has 0 radical (unpaired) electrons. The number of hydrogen-bond donors (Lipinski definition) is 2. The third-order valence-electron chi connectivity index (χ3n) is 7.40. The van der Waals surface area contributed by atoms with Crippen molar-refractivity contribution in [2.24, 2.45) is 0 Å². The van der Waals surface area contributed by atoms with Crippen LogP contribution in [0.25, 0.3) is 22.4 Å². The van der Waals surface area contributed by atoms with Crippen LogP contribution in [-0.2, 0) is 25.2 Å². The molecule has 1 amide bonds. The molecule has 2 N–H and O–H groups in total. The van der Waals surface area contributed by atoms with E-state index in [1.54, 1.807) is 41.0 Å². The van der Waals surface area contributed by atoms with Crippen LogP contribution in [0.4, 0.5) is 13.2 Å². The van der Waals surface area contributed by atoms with Crippen LogP contribution in [0.15, 0.2) is 73.6 Å². The molecule has 1 atom stereocenters. The fourth-order valence-electron chi connectivity index (χ4n) is 5.30. The average molecular weight is 589 g/mol. The Hall–Kier alpha value is -4.88. The number of rotatable bonds is 10. The van der Waals surface area contributed by atoms with Gasteiger partial charge in [-0.25, -0.2) is 22.8 Å². The number of aromatic nitrogens is 6. The van der Waals surface area contributed by atoms with E-state index in [1.807, 2.05) is 6.20 Å². The van der Waals surface area contributed by atoms with Crippen molar-refractivity contribution in [2.45, 2.75) is 25.2 Å².